The molecule has 3 rings (SSSR count). The van der Waals surface area contributed by atoms with Crippen LogP contribution in [0.1, 0.15) is 44.2 Å². The highest BCUT2D eigenvalue weighted by Crippen LogP contribution is 2.28. The van der Waals surface area contributed by atoms with Crippen LogP contribution in [0.25, 0.3) is 0 Å². The van der Waals surface area contributed by atoms with Gasteiger partial charge in [0, 0.05) is 24.3 Å². The molecule has 1 aliphatic heterocycles. The van der Waals surface area contributed by atoms with E-state index in [-0.39, 0.29) is 24.2 Å². The van der Waals surface area contributed by atoms with Crippen molar-refractivity contribution in [2.75, 3.05) is 16.8 Å². The van der Waals surface area contributed by atoms with Gasteiger partial charge in [-0.2, -0.15) is 0 Å². The first kappa shape index (κ1) is 18.2. The lowest BCUT2D eigenvalue weighted by Gasteiger charge is -2.18. The SMILES string of the molecule is CCc1cccc(N2CC(C(=O)Nc3ccccc3C(C)C)CC2=O)c1. The van der Waals surface area contributed by atoms with E-state index in [0.29, 0.717) is 12.5 Å². The third-order valence-corrected chi connectivity index (χ3v) is 4.97. The van der Waals surface area contributed by atoms with Crippen LogP contribution in [0, 0.1) is 5.92 Å². The number of para-hydroxylation sites is 1. The van der Waals surface area contributed by atoms with Crippen molar-refractivity contribution >= 4 is 23.2 Å². The topological polar surface area (TPSA) is 49.4 Å². The molecule has 1 N–H and O–H groups in total. The van der Waals surface area contributed by atoms with Gasteiger partial charge >= 0.3 is 0 Å². The molecule has 136 valence electrons. The molecule has 0 radical (unpaired) electrons. The van der Waals surface area contributed by atoms with Crippen molar-refractivity contribution in [1.82, 2.24) is 0 Å². The van der Waals surface area contributed by atoms with E-state index in [0.717, 1.165) is 23.4 Å². The Morgan fingerprint density at radius 2 is 1.96 bits per heavy atom. The predicted octanol–water partition coefficient (Wildman–Crippen LogP) is 4.36. The Labute approximate surface area is 155 Å². The Morgan fingerprint density at radius 3 is 2.69 bits per heavy atom. The minimum Gasteiger partial charge on any atom is -0.326 e. The number of carbonyl (C=O) groups excluding carboxylic acids is 2. The zero-order valence-electron chi connectivity index (χ0n) is 15.7. The number of hydrogen-bond donors (Lipinski definition) is 1. The van der Waals surface area contributed by atoms with Gasteiger partial charge in [0.05, 0.1) is 5.92 Å². The lowest BCUT2D eigenvalue weighted by molar-refractivity contribution is -0.122. The van der Waals surface area contributed by atoms with E-state index in [9.17, 15) is 9.59 Å². The first-order chi connectivity index (χ1) is 12.5. The van der Waals surface area contributed by atoms with Crippen molar-refractivity contribution in [3.63, 3.8) is 0 Å². The van der Waals surface area contributed by atoms with Gasteiger partial charge in [0.1, 0.15) is 0 Å². The molecule has 0 saturated carbocycles. The Hall–Kier alpha value is -2.62. The second-order valence-corrected chi connectivity index (χ2v) is 7.16. The van der Waals surface area contributed by atoms with Crippen LogP contribution in [0.3, 0.4) is 0 Å². The highest BCUT2D eigenvalue weighted by Gasteiger charge is 2.35. The molecule has 2 amide bonds. The summed E-state index contributed by atoms with van der Waals surface area (Å²) in [5, 5.41) is 3.03. The molecule has 4 nitrogen and oxygen atoms in total. The lowest BCUT2D eigenvalue weighted by Crippen LogP contribution is -2.28. The Balaban J connectivity index is 1.73. The molecule has 0 aliphatic carbocycles. The molecular formula is C22H26N2O2. The average molecular weight is 350 g/mol. The number of rotatable bonds is 5. The van der Waals surface area contributed by atoms with E-state index in [4.69, 9.17) is 0 Å². The van der Waals surface area contributed by atoms with Crippen molar-refractivity contribution in [3.8, 4) is 0 Å². The molecular weight excluding hydrogens is 324 g/mol. The molecule has 1 aliphatic rings. The van der Waals surface area contributed by atoms with Gasteiger partial charge in [-0.05, 0) is 41.7 Å². The van der Waals surface area contributed by atoms with Crippen LogP contribution in [0.2, 0.25) is 0 Å². The first-order valence-electron chi connectivity index (χ1n) is 9.28. The number of anilines is 2. The van der Waals surface area contributed by atoms with Gasteiger partial charge in [-0.1, -0.05) is 51.1 Å². The Bertz CT molecular complexity index is 813. The van der Waals surface area contributed by atoms with Crippen LogP contribution in [-0.4, -0.2) is 18.4 Å². The summed E-state index contributed by atoms with van der Waals surface area (Å²) < 4.78 is 0. The quantitative estimate of drug-likeness (QED) is 0.871. The van der Waals surface area contributed by atoms with Gasteiger partial charge in [0.2, 0.25) is 11.8 Å². The van der Waals surface area contributed by atoms with E-state index >= 15 is 0 Å². The van der Waals surface area contributed by atoms with Crippen LogP contribution in [0.5, 0.6) is 0 Å². The molecule has 1 fully saturated rings. The third-order valence-electron chi connectivity index (χ3n) is 4.97. The van der Waals surface area contributed by atoms with E-state index in [1.54, 1.807) is 4.90 Å². The Morgan fingerprint density at radius 1 is 1.19 bits per heavy atom. The fourth-order valence-corrected chi connectivity index (χ4v) is 3.43. The summed E-state index contributed by atoms with van der Waals surface area (Å²) in [5.41, 5.74) is 4.02. The fourth-order valence-electron chi connectivity index (χ4n) is 3.43. The predicted molar refractivity (Wildman–Crippen MR) is 105 cm³/mol. The monoisotopic (exact) mass is 350 g/mol. The summed E-state index contributed by atoms with van der Waals surface area (Å²) >= 11 is 0. The number of hydrogen-bond acceptors (Lipinski definition) is 2. The minimum atomic E-state index is -0.326. The van der Waals surface area contributed by atoms with Crippen LogP contribution in [0.15, 0.2) is 48.5 Å². The molecule has 1 saturated heterocycles. The van der Waals surface area contributed by atoms with Crippen LogP contribution >= 0.6 is 0 Å². The van der Waals surface area contributed by atoms with Crippen molar-refractivity contribution in [2.24, 2.45) is 5.92 Å². The first-order valence-corrected chi connectivity index (χ1v) is 9.28. The highest BCUT2D eigenvalue weighted by molar-refractivity contribution is 6.03. The molecule has 4 heteroatoms. The maximum absolute atomic E-state index is 12.7. The molecule has 2 aromatic rings. The standard InChI is InChI=1S/C22H26N2O2/c1-4-16-8-7-9-18(12-16)24-14-17(13-21(24)25)22(26)23-20-11-6-5-10-19(20)15(2)3/h5-12,15,17H,4,13-14H2,1-3H3,(H,23,26). The van der Waals surface area contributed by atoms with Crippen molar-refractivity contribution in [2.45, 2.75) is 39.5 Å². The molecule has 1 unspecified atom stereocenters. The highest BCUT2D eigenvalue weighted by atomic mass is 16.2. The summed E-state index contributed by atoms with van der Waals surface area (Å²) in [6.45, 7) is 6.73. The summed E-state index contributed by atoms with van der Waals surface area (Å²) in [6, 6.07) is 15.8. The average Bonchev–Trinajstić information content (AvgIpc) is 3.04. The van der Waals surface area contributed by atoms with Gasteiger partial charge < -0.3 is 10.2 Å². The maximum atomic E-state index is 12.7. The van der Waals surface area contributed by atoms with Gasteiger partial charge in [-0.3, -0.25) is 9.59 Å². The van der Waals surface area contributed by atoms with Crippen molar-refractivity contribution in [1.29, 1.82) is 0 Å². The Kier molecular flexibility index (Phi) is 5.40. The summed E-state index contributed by atoms with van der Waals surface area (Å²) in [6.07, 6.45) is 1.18. The number of nitrogens with one attached hydrogen (secondary N) is 1. The minimum absolute atomic E-state index is 0.00977. The van der Waals surface area contributed by atoms with Crippen LogP contribution in [0.4, 0.5) is 11.4 Å². The van der Waals surface area contributed by atoms with Crippen LogP contribution < -0.4 is 10.2 Å². The largest absolute Gasteiger partial charge is 0.326 e. The summed E-state index contributed by atoms with van der Waals surface area (Å²) in [5.74, 6) is -0.0749. The number of aryl methyl sites for hydroxylation is 1. The molecule has 0 spiro atoms. The number of carbonyl (C=O) groups is 2. The fraction of sp³-hybridized carbons (Fsp3) is 0.364. The van der Waals surface area contributed by atoms with E-state index in [1.807, 2.05) is 42.5 Å². The molecule has 26 heavy (non-hydrogen) atoms. The van der Waals surface area contributed by atoms with E-state index in [1.165, 1.54) is 5.56 Å². The zero-order chi connectivity index (χ0) is 18.7. The summed E-state index contributed by atoms with van der Waals surface area (Å²) in [4.78, 5) is 26.9. The smallest absolute Gasteiger partial charge is 0.229 e. The maximum Gasteiger partial charge on any atom is 0.229 e. The van der Waals surface area contributed by atoms with Gasteiger partial charge in [0.25, 0.3) is 0 Å². The summed E-state index contributed by atoms with van der Waals surface area (Å²) in [7, 11) is 0. The molecule has 0 aromatic heterocycles. The molecule has 2 aromatic carbocycles. The lowest BCUT2D eigenvalue weighted by atomic mass is 10.0. The van der Waals surface area contributed by atoms with Gasteiger partial charge in [0.15, 0.2) is 0 Å². The van der Waals surface area contributed by atoms with E-state index < -0.39 is 0 Å². The van der Waals surface area contributed by atoms with E-state index in [2.05, 4.69) is 32.2 Å². The molecule has 1 atom stereocenters. The van der Waals surface area contributed by atoms with Gasteiger partial charge in [-0.15, -0.1) is 0 Å². The molecule has 0 bridgehead atoms. The van der Waals surface area contributed by atoms with Crippen LogP contribution in [-0.2, 0) is 16.0 Å². The normalized spacial score (nSPS) is 17.0. The number of benzene rings is 2. The van der Waals surface area contributed by atoms with Gasteiger partial charge in [-0.25, -0.2) is 0 Å². The second-order valence-electron chi connectivity index (χ2n) is 7.16. The number of amides is 2. The third kappa shape index (κ3) is 3.79. The van der Waals surface area contributed by atoms with Crippen molar-refractivity contribution < 1.29 is 9.59 Å². The number of nitrogens with zero attached hydrogens (tertiary/aromatic N) is 1. The molecule has 1 heterocycles. The second kappa shape index (κ2) is 7.73. The van der Waals surface area contributed by atoms with Crippen molar-refractivity contribution in [3.05, 3.63) is 59.7 Å². The zero-order valence-corrected chi connectivity index (χ0v) is 15.7.